The average Bonchev–Trinajstić information content (AvgIpc) is 4.07. The summed E-state index contributed by atoms with van der Waals surface area (Å²) in [5.41, 5.74) is 14.0. The van der Waals surface area contributed by atoms with E-state index in [0.717, 1.165) is 164 Å². The maximum Gasteiger partial charge on any atom is 0.225 e. The van der Waals surface area contributed by atoms with Crippen molar-refractivity contribution >= 4 is 45.5 Å². The first-order valence-electron chi connectivity index (χ1n) is 27.2. The van der Waals surface area contributed by atoms with Gasteiger partial charge in [-0.25, -0.2) is 39.9 Å². The van der Waals surface area contributed by atoms with Gasteiger partial charge in [0.05, 0.1) is 30.0 Å². The van der Waals surface area contributed by atoms with Crippen molar-refractivity contribution in [3.63, 3.8) is 0 Å². The Balaban J connectivity index is 0.611. The van der Waals surface area contributed by atoms with E-state index < -0.39 is 0 Å². The van der Waals surface area contributed by atoms with E-state index in [-0.39, 0.29) is 30.0 Å². The van der Waals surface area contributed by atoms with Crippen LogP contribution in [-0.2, 0) is 0 Å². The number of hydrogen-bond donors (Lipinski definition) is 3. The van der Waals surface area contributed by atoms with Crippen LogP contribution in [0, 0.1) is 39.5 Å². The summed E-state index contributed by atoms with van der Waals surface area (Å²) in [6.45, 7) is 15.5. The van der Waals surface area contributed by atoms with Gasteiger partial charge in [-0.15, -0.1) is 0 Å². The minimum atomic E-state index is -0.348. The van der Waals surface area contributed by atoms with Gasteiger partial charge in [-0.05, 0) is 161 Å². The molecule has 8 heterocycles. The van der Waals surface area contributed by atoms with Crippen LogP contribution in [0.4, 0.5) is 23.5 Å². The van der Waals surface area contributed by atoms with Crippen LogP contribution < -0.4 is 20.4 Å². The molecule has 2 saturated heterocycles. The Kier molecular flexibility index (Phi) is 13.8. The van der Waals surface area contributed by atoms with E-state index in [1.54, 1.807) is 12.5 Å². The minimum absolute atomic E-state index is 0.0184. The van der Waals surface area contributed by atoms with Gasteiger partial charge >= 0.3 is 0 Å². The van der Waals surface area contributed by atoms with Gasteiger partial charge in [-0.2, -0.15) is 0 Å². The van der Waals surface area contributed by atoms with Crippen LogP contribution >= 0.6 is 0 Å². The molecule has 0 spiro atoms. The second kappa shape index (κ2) is 21.5. The molecule has 3 N–H and O–H groups in total. The molecule has 12 rings (SSSR count). The van der Waals surface area contributed by atoms with Crippen molar-refractivity contribution in [1.29, 1.82) is 0 Å². The summed E-state index contributed by atoms with van der Waals surface area (Å²) < 4.78 is 11.3. The standard InChI is InChI=1S/C63H64N12O3/c1-37-35-77-57-15-13-49(27-53(37)57)55-29-59(72-41(5)70-55)68-39(3)45-9-7-11-47(25-45)51-31-64-62(65-32-51)74-21-17-43(18-22-74)61(76)44-19-23-75(24-20-44)63-66-33-52(34-67-63)48-12-8-10-46(26-48)40(4)69-60-30-56(71-42(6)73-60)50-14-16-58-54(28-50)38(2)36-78-58/h7-16,25-36,39-40,43-44,61,76H,17-24H2,1-6H3,(H,68,70,72)(H,69,71,73). The third-order valence-corrected chi connectivity index (χ3v) is 15.9. The van der Waals surface area contributed by atoms with Crippen molar-refractivity contribution in [2.24, 2.45) is 11.8 Å². The van der Waals surface area contributed by atoms with Crippen LogP contribution in [0.15, 0.2) is 143 Å². The number of piperidine rings is 2. The van der Waals surface area contributed by atoms with E-state index in [9.17, 15) is 5.11 Å². The Bertz CT molecular complexity index is 3500. The highest BCUT2D eigenvalue weighted by Gasteiger charge is 2.34. The van der Waals surface area contributed by atoms with Crippen molar-refractivity contribution in [2.45, 2.75) is 85.4 Å². The fourth-order valence-electron chi connectivity index (χ4n) is 11.3. The monoisotopic (exact) mass is 1040 g/mol. The molecule has 15 nitrogen and oxygen atoms in total. The first kappa shape index (κ1) is 50.3. The first-order valence-corrected chi connectivity index (χ1v) is 27.2. The zero-order valence-corrected chi connectivity index (χ0v) is 45.0. The summed E-state index contributed by atoms with van der Waals surface area (Å²) in [7, 11) is 0. The van der Waals surface area contributed by atoms with Gasteiger partial charge in [0.1, 0.15) is 34.5 Å². The van der Waals surface area contributed by atoms with Crippen LogP contribution in [-0.4, -0.2) is 77.3 Å². The molecule has 0 radical (unpaired) electrons. The van der Waals surface area contributed by atoms with Gasteiger partial charge in [-0.3, -0.25) is 0 Å². The summed E-state index contributed by atoms with van der Waals surface area (Å²) >= 11 is 0. The number of aliphatic hydroxyl groups excluding tert-OH is 1. The molecule has 78 heavy (non-hydrogen) atoms. The number of rotatable bonds is 14. The number of anilines is 4. The normalized spacial score (nSPS) is 15.7. The van der Waals surface area contributed by atoms with E-state index >= 15 is 0 Å². The van der Waals surface area contributed by atoms with Gasteiger partial charge in [0, 0.05) is 108 Å². The van der Waals surface area contributed by atoms with Crippen LogP contribution in [0.5, 0.6) is 0 Å². The number of aryl methyl sites for hydroxylation is 4. The summed E-state index contributed by atoms with van der Waals surface area (Å²) in [6.07, 6.45) is 14.5. The molecule has 2 unspecified atom stereocenters. The molecule has 394 valence electrons. The predicted octanol–water partition coefficient (Wildman–Crippen LogP) is 13.1. The topological polar surface area (TPSA) is 180 Å². The number of nitrogens with zero attached hydrogens (tertiary/aromatic N) is 10. The Morgan fingerprint density at radius 2 is 0.897 bits per heavy atom. The van der Waals surface area contributed by atoms with E-state index in [1.165, 1.54) is 0 Å². The molecule has 0 amide bonds. The number of furan rings is 2. The highest BCUT2D eigenvalue weighted by atomic mass is 16.3. The smallest absolute Gasteiger partial charge is 0.225 e. The third kappa shape index (κ3) is 10.6. The van der Waals surface area contributed by atoms with Gasteiger partial charge in [0.15, 0.2) is 0 Å². The maximum absolute atomic E-state index is 11.7. The molecule has 0 bridgehead atoms. The summed E-state index contributed by atoms with van der Waals surface area (Å²) in [5, 5.41) is 21.1. The largest absolute Gasteiger partial charge is 0.464 e. The summed E-state index contributed by atoms with van der Waals surface area (Å²) in [5.74, 6) is 4.87. The summed E-state index contributed by atoms with van der Waals surface area (Å²) in [4.78, 5) is 42.8. The molecule has 0 aliphatic carbocycles. The van der Waals surface area contributed by atoms with Crippen molar-refractivity contribution in [1.82, 2.24) is 39.9 Å². The van der Waals surface area contributed by atoms with E-state index in [2.05, 4.69) is 109 Å². The lowest BCUT2D eigenvalue weighted by Gasteiger charge is -2.40. The van der Waals surface area contributed by atoms with Crippen LogP contribution in [0.25, 0.3) is 66.7 Å². The molecule has 4 aromatic carbocycles. The Morgan fingerprint density at radius 3 is 1.31 bits per heavy atom. The molecular formula is C63H64N12O3. The van der Waals surface area contributed by atoms with E-state index in [0.29, 0.717) is 11.6 Å². The van der Waals surface area contributed by atoms with Crippen molar-refractivity contribution in [2.75, 3.05) is 46.6 Å². The lowest BCUT2D eigenvalue weighted by atomic mass is 9.80. The zero-order valence-electron chi connectivity index (χ0n) is 45.0. The van der Waals surface area contributed by atoms with Crippen LogP contribution in [0.2, 0.25) is 0 Å². The fraction of sp³-hybridized carbons (Fsp3) is 0.302. The van der Waals surface area contributed by atoms with Gasteiger partial charge in [-0.1, -0.05) is 36.4 Å². The zero-order chi connectivity index (χ0) is 53.4. The van der Waals surface area contributed by atoms with E-state index in [4.69, 9.17) is 48.7 Å². The van der Waals surface area contributed by atoms with Crippen molar-refractivity contribution in [3.05, 3.63) is 168 Å². The third-order valence-electron chi connectivity index (χ3n) is 15.9. The Labute approximate surface area is 454 Å². The highest BCUT2D eigenvalue weighted by molar-refractivity contribution is 5.87. The van der Waals surface area contributed by atoms with Crippen molar-refractivity contribution < 1.29 is 13.9 Å². The Morgan fingerprint density at radius 1 is 0.487 bits per heavy atom. The number of aromatic nitrogens is 8. The van der Waals surface area contributed by atoms with Gasteiger partial charge in [0.2, 0.25) is 11.9 Å². The molecule has 10 aromatic rings. The lowest BCUT2D eigenvalue weighted by molar-refractivity contribution is 0.0288. The molecular weight excluding hydrogens is 973 g/mol. The predicted molar refractivity (Wildman–Crippen MR) is 308 cm³/mol. The molecule has 2 atom stereocenters. The SMILES string of the molecule is Cc1nc(NC(C)c2cccc(-c3cnc(N4CCC(C(O)C5CCN(c6ncc(-c7cccc(C(C)Nc8cc(-c9ccc%10occ(C)c%10c9)nc(C)n8)c7)cn6)CC5)CC4)nc3)c2)cc(-c2ccc3occ(C)c3c2)n1. The van der Waals surface area contributed by atoms with Gasteiger partial charge < -0.3 is 34.4 Å². The molecule has 6 aromatic heterocycles. The van der Waals surface area contributed by atoms with Gasteiger partial charge in [0.25, 0.3) is 0 Å². The molecule has 2 fully saturated rings. The summed E-state index contributed by atoms with van der Waals surface area (Å²) in [6, 6.07) is 33.3. The number of aliphatic hydroxyl groups is 1. The van der Waals surface area contributed by atoms with Crippen LogP contribution in [0.3, 0.4) is 0 Å². The maximum atomic E-state index is 11.7. The lowest BCUT2D eigenvalue weighted by Crippen LogP contribution is -2.44. The second-order valence-corrected chi connectivity index (χ2v) is 21.3. The molecule has 2 aliphatic heterocycles. The number of benzene rings is 4. The number of hydrogen-bond acceptors (Lipinski definition) is 15. The Hall–Kier alpha value is -8.56. The fourth-order valence-corrected chi connectivity index (χ4v) is 11.3. The molecule has 2 aliphatic rings. The molecule has 0 saturated carbocycles. The molecule has 15 heteroatoms. The van der Waals surface area contributed by atoms with Crippen molar-refractivity contribution in [3.8, 4) is 44.8 Å². The van der Waals surface area contributed by atoms with Crippen LogP contribution in [0.1, 0.15) is 85.5 Å². The number of nitrogens with one attached hydrogen (secondary N) is 2. The minimum Gasteiger partial charge on any atom is -0.464 e. The average molecular weight is 1040 g/mol. The quantitative estimate of drug-likeness (QED) is 0.0935. The second-order valence-electron chi connectivity index (χ2n) is 21.3. The van der Waals surface area contributed by atoms with E-state index in [1.807, 2.05) is 75.0 Å². The first-order chi connectivity index (χ1) is 37.9. The highest BCUT2D eigenvalue weighted by Crippen LogP contribution is 2.35. The number of fused-ring (bicyclic) bond motifs is 2.